The minimum Gasteiger partial charge on any atom is -0.494 e. The van der Waals surface area contributed by atoms with Gasteiger partial charge in [-0.2, -0.15) is 5.10 Å². The molecule has 2 aromatic heterocycles. The van der Waals surface area contributed by atoms with Gasteiger partial charge in [-0.25, -0.2) is 4.79 Å². The van der Waals surface area contributed by atoms with Crippen molar-refractivity contribution in [3.8, 4) is 16.9 Å². The van der Waals surface area contributed by atoms with Crippen LogP contribution in [0.25, 0.3) is 22.0 Å². The van der Waals surface area contributed by atoms with E-state index in [1.807, 2.05) is 69.8 Å². The van der Waals surface area contributed by atoms with Crippen LogP contribution in [0.15, 0.2) is 48.5 Å². The molecule has 10 heteroatoms. The summed E-state index contributed by atoms with van der Waals surface area (Å²) < 4.78 is 12.8. The number of halogens is 2. The second kappa shape index (κ2) is 13.4. The highest BCUT2D eigenvalue weighted by atomic mass is 35.5. The maximum Gasteiger partial charge on any atom is 0.337 e. The molecule has 0 saturated heterocycles. The van der Waals surface area contributed by atoms with E-state index in [9.17, 15) is 9.59 Å². The number of nitrogens with one attached hydrogen (secondary N) is 2. The predicted molar refractivity (Wildman–Crippen MR) is 179 cm³/mol. The average molecular weight is 648 g/mol. The number of fused-ring (bicyclic) bond motifs is 1. The van der Waals surface area contributed by atoms with Crippen LogP contribution in [0.1, 0.15) is 60.9 Å². The van der Waals surface area contributed by atoms with Crippen LogP contribution in [-0.2, 0) is 24.8 Å². The molecule has 2 heterocycles. The third kappa shape index (κ3) is 6.58. The van der Waals surface area contributed by atoms with E-state index in [0.717, 1.165) is 66.4 Å². The molecule has 234 valence electrons. The van der Waals surface area contributed by atoms with Gasteiger partial charge in [0.2, 0.25) is 0 Å². The van der Waals surface area contributed by atoms with E-state index in [-0.39, 0.29) is 12.5 Å². The molecule has 0 saturated carbocycles. The van der Waals surface area contributed by atoms with Crippen LogP contribution in [0.2, 0.25) is 10.0 Å². The van der Waals surface area contributed by atoms with Crippen molar-refractivity contribution in [1.82, 2.24) is 20.1 Å². The van der Waals surface area contributed by atoms with Crippen molar-refractivity contribution < 1.29 is 19.1 Å². The molecule has 5 rings (SSSR count). The first-order valence-corrected chi connectivity index (χ1v) is 15.4. The van der Waals surface area contributed by atoms with E-state index in [1.165, 1.54) is 7.11 Å². The first kappa shape index (κ1) is 32.1. The topological polar surface area (TPSA) is 98.2 Å². The van der Waals surface area contributed by atoms with Gasteiger partial charge in [0.05, 0.1) is 35.5 Å². The number of hydrogen-bond donors (Lipinski definition) is 2. The number of amides is 1. The molecule has 0 radical (unpaired) electrons. The number of aryl methyl sites for hydroxylation is 5. The summed E-state index contributed by atoms with van der Waals surface area (Å²) in [5, 5.41) is 9.84. The van der Waals surface area contributed by atoms with Crippen molar-refractivity contribution in [2.75, 3.05) is 13.7 Å². The Morgan fingerprint density at radius 1 is 1.00 bits per heavy atom. The van der Waals surface area contributed by atoms with Crippen LogP contribution in [0.4, 0.5) is 0 Å². The van der Waals surface area contributed by atoms with Crippen molar-refractivity contribution in [3.63, 3.8) is 0 Å². The van der Waals surface area contributed by atoms with Crippen molar-refractivity contribution in [2.45, 2.75) is 47.1 Å². The number of nitrogens with zero attached hydrogens (tertiary/aromatic N) is 2. The first-order chi connectivity index (χ1) is 21.5. The van der Waals surface area contributed by atoms with Gasteiger partial charge >= 0.3 is 5.97 Å². The molecule has 8 nitrogen and oxygen atoms in total. The normalized spacial score (nSPS) is 11.2. The lowest BCUT2D eigenvalue weighted by Gasteiger charge is -2.11. The number of aromatic nitrogens is 3. The molecular weight excluding hydrogens is 611 g/mol. The molecule has 45 heavy (non-hydrogen) atoms. The first-order valence-electron chi connectivity index (χ1n) is 14.7. The molecule has 0 aliphatic rings. The van der Waals surface area contributed by atoms with Gasteiger partial charge in [-0.05, 0) is 93.1 Å². The molecule has 0 bridgehead atoms. The maximum absolute atomic E-state index is 13.8. The maximum atomic E-state index is 13.8. The minimum atomic E-state index is -0.433. The summed E-state index contributed by atoms with van der Waals surface area (Å²) in [6.45, 7) is 8.55. The van der Waals surface area contributed by atoms with Gasteiger partial charge in [0.1, 0.15) is 11.4 Å². The summed E-state index contributed by atoms with van der Waals surface area (Å²) in [5.74, 6) is 0.0611. The van der Waals surface area contributed by atoms with E-state index < -0.39 is 5.97 Å². The van der Waals surface area contributed by atoms with Crippen molar-refractivity contribution in [1.29, 1.82) is 0 Å². The van der Waals surface area contributed by atoms with E-state index in [2.05, 4.69) is 15.4 Å². The van der Waals surface area contributed by atoms with Crippen LogP contribution in [-0.4, -0.2) is 40.4 Å². The van der Waals surface area contributed by atoms with Gasteiger partial charge < -0.3 is 19.8 Å². The van der Waals surface area contributed by atoms with E-state index in [4.69, 9.17) is 32.7 Å². The Morgan fingerprint density at radius 3 is 2.40 bits per heavy atom. The molecule has 0 spiro atoms. The number of carbonyl (C=O) groups excluding carboxylic acids is 2. The van der Waals surface area contributed by atoms with Crippen molar-refractivity contribution >= 4 is 46.0 Å². The highest BCUT2D eigenvalue weighted by Gasteiger charge is 2.24. The Labute approximate surface area is 272 Å². The number of rotatable bonds is 10. The standard InChI is InChI=1S/C35H36Cl2N4O4/c1-19-15-25(16-20(2)31(19)37)45-14-8-11-26-27-12-13-28(36)30(29-21(3)40-41(5)22(29)4)32(27)39-33(26)34(42)38-18-23-9-7-10-24(17-23)35(43)44-6/h7,9-10,12-13,15-17,39H,8,11,14,18H2,1-6H3,(H,38,42). The van der Waals surface area contributed by atoms with Crippen LogP contribution in [0.5, 0.6) is 5.75 Å². The van der Waals surface area contributed by atoms with Gasteiger partial charge in [-0.1, -0.05) is 41.4 Å². The number of esters is 1. The summed E-state index contributed by atoms with van der Waals surface area (Å²) >= 11 is 13.2. The highest BCUT2D eigenvalue weighted by Crippen LogP contribution is 2.40. The Balaban J connectivity index is 1.48. The summed E-state index contributed by atoms with van der Waals surface area (Å²) in [6, 6.07) is 14.7. The summed E-state index contributed by atoms with van der Waals surface area (Å²) in [6.07, 6.45) is 1.25. The molecule has 5 aromatic rings. The van der Waals surface area contributed by atoms with Gasteiger partial charge in [0, 0.05) is 40.8 Å². The fourth-order valence-corrected chi connectivity index (χ4v) is 6.11. The molecule has 1 amide bonds. The molecule has 0 unspecified atom stereocenters. The number of carbonyl (C=O) groups is 2. The Morgan fingerprint density at radius 2 is 1.73 bits per heavy atom. The highest BCUT2D eigenvalue weighted by molar-refractivity contribution is 6.35. The summed E-state index contributed by atoms with van der Waals surface area (Å²) in [4.78, 5) is 29.2. The Bertz CT molecular complexity index is 1900. The number of methoxy groups -OCH3 is 1. The second-order valence-corrected chi connectivity index (χ2v) is 12.0. The van der Waals surface area contributed by atoms with Crippen LogP contribution < -0.4 is 10.1 Å². The van der Waals surface area contributed by atoms with Crippen LogP contribution in [0, 0.1) is 27.7 Å². The lowest BCUT2D eigenvalue weighted by molar-refractivity contribution is 0.0600. The lowest BCUT2D eigenvalue weighted by Crippen LogP contribution is -2.24. The summed E-state index contributed by atoms with van der Waals surface area (Å²) in [7, 11) is 3.24. The van der Waals surface area contributed by atoms with E-state index >= 15 is 0 Å². The van der Waals surface area contributed by atoms with Crippen molar-refractivity contribution in [3.05, 3.63) is 103 Å². The smallest absolute Gasteiger partial charge is 0.337 e. The van der Waals surface area contributed by atoms with E-state index in [0.29, 0.717) is 35.7 Å². The Hall–Kier alpha value is -4.27. The SMILES string of the molecule is COC(=O)c1cccc(CNC(=O)c2[nH]c3c(-c4c(C)nn(C)c4C)c(Cl)ccc3c2CCCOc2cc(C)c(Cl)c(C)c2)c1. The molecule has 0 atom stereocenters. The molecule has 2 N–H and O–H groups in total. The number of ether oxygens (including phenoxy) is 2. The fourth-order valence-electron chi connectivity index (χ4n) is 5.75. The lowest BCUT2D eigenvalue weighted by atomic mass is 9.98. The Kier molecular flexibility index (Phi) is 9.56. The molecule has 3 aromatic carbocycles. The third-order valence-corrected chi connectivity index (χ3v) is 8.98. The zero-order chi connectivity index (χ0) is 32.4. The number of aromatic amines is 1. The second-order valence-electron chi connectivity index (χ2n) is 11.2. The molecular formula is C35H36Cl2N4O4. The predicted octanol–water partition coefficient (Wildman–Crippen LogP) is 7.84. The quantitative estimate of drug-likeness (QED) is 0.119. The molecule has 0 fully saturated rings. The van der Waals surface area contributed by atoms with Gasteiger partial charge in [-0.15, -0.1) is 0 Å². The zero-order valence-electron chi connectivity index (χ0n) is 26.2. The number of benzene rings is 3. The van der Waals surface area contributed by atoms with Crippen LogP contribution in [0.3, 0.4) is 0 Å². The molecule has 0 aliphatic heterocycles. The third-order valence-electron chi connectivity index (χ3n) is 8.07. The van der Waals surface area contributed by atoms with Gasteiger partial charge in [0.25, 0.3) is 5.91 Å². The monoisotopic (exact) mass is 646 g/mol. The average Bonchev–Trinajstić information content (AvgIpc) is 3.51. The molecule has 0 aliphatic carbocycles. The number of H-pyrrole nitrogens is 1. The largest absolute Gasteiger partial charge is 0.494 e. The zero-order valence-corrected chi connectivity index (χ0v) is 27.7. The van der Waals surface area contributed by atoms with E-state index in [1.54, 1.807) is 18.2 Å². The fraction of sp³-hybridized carbons (Fsp3) is 0.286. The number of hydrogen-bond acceptors (Lipinski definition) is 5. The summed E-state index contributed by atoms with van der Waals surface area (Å²) in [5.41, 5.74) is 8.78. The van der Waals surface area contributed by atoms with Gasteiger partial charge in [0.15, 0.2) is 0 Å². The van der Waals surface area contributed by atoms with Crippen LogP contribution >= 0.6 is 23.2 Å². The minimum absolute atomic E-state index is 0.227. The van der Waals surface area contributed by atoms with Gasteiger partial charge in [-0.3, -0.25) is 9.48 Å². The van der Waals surface area contributed by atoms with Crippen molar-refractivity contribution in [2.24, 2.45) is 7.05 Å².